The lowest BCUT2D eigenvalue weighted by atomic mass is 10.4. The van der Waals surface area contributed by atoms with E-state index in [0.717, 1.165) is 5.56 Å². The Morgan fingerprint density at radius 1 is 1.56 bits per heavy atom. The lowest BCUT2D eigenvalue weighted by Crippen LogP contribution is -2.36. The topological polar surface area (TPSA) is 78.5 Å². The average molecular weight is 289 g/mol. The van der Waals surface area contributed by atoms with Crippen LogP contribution in [0.15, 0.2) is 15.7 Å². The maximum atomic E-state index is 11.9. The summed E-state index contributed by atoms with van der Waals surface area (Å²) >= 11 is 1.20. The van der Waals surface area contributed by atoms with Crippen LogP contribution in [0.3, 0.4) is 0 Å². The van der Waals surface area contributed by atoms with Crippen molar-refractivity contribution in [2.75, 3.05) is 26.2 Å². The SMILES string of the molecule is Cc1csc(S(=O)(=O)NCCN2CCNC2=O)c1. The first-order chi connectivity index (χ1) is 8.49. The Balaban J connectivity index is 1.88. The van der Waals surface area contributed by atoms with Crippen molar-refractivity contribution in [2.45, 2.75) is 11.1 Å². The molecule has 1 aromatic rings. The molecule has 1 aliphatic heterocycles. The maximum Gasteiger partial charge on any atom is 0.317 e. The van der Waals surface area contributed by atoms with Crippen LogP contribution < -0.4 is 10.0 Å². The van der Waals surface area contributed by atoms with Gasteiger partial charge in [-0.05, 0) is 23.9 Å². The summed E-state index contributed by atoms with van der Waals surface area (Å²) in [6.07, 6.45) is 0. The first kappa shape index (κ1) is 13.3. The number of hydrogen-bond acceptors (Lipinski definition) is 4. The molecule has 18 heavy (non-hydrogen) atoms. The standard InChI is InChI=1S/C10H15N3O3S2/c1-8-6-9(17-7-8)18(15,16)12-3-5-13-4-2-11-10(13)14/h6-7,12H,2-5H2,1H3,(H,11,14). The highest BCUT2D eigenvalue weighted by Crippen LogP contribution is 2.18. The fourth-order valence-electron chi connectivity index (χ4n) is 1.66. The van der Waals surface area contributed by atoms with Crippen LogP contribution in [0, 0.1) is 6.92 Å². The zero-order chi connectivity index (χ0) is 13.2. The van der Waals surface area contributed by atoms with Gasteiger partial charge in [-0.15, -0.1) is 11.3 Å². The predicted molar refractivity (Wildman–Crippen MR) is 69.2 cm³/mol. The summed E-state index contributed by atoms with van der Waals surface area (Å²) in [5.41, 5.74) is 0.930. The van der Waals surface area contributed by atoms with Gasteiger partial charge in [-0.1, -0.05) is 0 Å². The summed E-state index contributed by atoms with van der Waals surface area (Å²) in [5.74, 6) is 0. The summed E-state index contributed by atoms with van der Waals surface area (Å²) in [6, 6.07) is 1.50. The maximum absolute atomic E-state index is 11.9. The van der Waals surface area contributed by atoms with Gasteiger partial charge in [0.05, 0.1) is 0 Å². The highest BCUT2D eigenvalue weighted by molar-refractivity contribution is 7.91. The number of nitrogens with zero attached hydrogens (tertiary/aromatic N) is 1. The number of thiophene rings is 1. The van der Waals surface area contributed by atoms with E-state index < -0.39 is 10.0 Å². The molecule has 1 saturated heterocycles. The molecule has 1 aliphatic rings. The third-order valence-corrected chi connectivity index (χ3v) is 5.61. The summed E-state index contributed by atoms with van der Waals surface area (Å²) in [5, 5.41) is 4.46. The smallest absolute Gasteiger partial charge is 0.317 e. The van der Waals surface area contributed by atoms with Gasteiger partial charge in [0.25, 0.3) is 0 Å². The molecule has 0 bridgehead atoms. The Bertz CT molecular complexity index is 538. The molecule has 1 fully saturated rings. The molecule has 0 saturated carbocycles. The fraction of sp³-hybridized carbons (Fsp3) is 0.500. The minimum Gasteiger partial charge on any atom is -0.336 e. The number of amides is 2. The molecule has 0 aromatic carbocycles. The van der Waals surface area contributed by atoms with Crippen LogP contribution in [0.2, 0.25) is 0 Å². The predicted octanol–water partition coefficient (Wildman–Crippen LogP) is 0.360. The van der Waals surface area contributed by atoms with E-state index in [0.29, 0.717) is 23.8 Å². The van der Waals surface area contributed by atoms with E-state index in [4.69, 9.17) is 0 Å². The second kappa shape index (κ2) is 5.25. The molecule has 2 amide bonds. The van der Waals surface area contributed by atoms with E-state index in [2.05, 4.69) is 10.0 Å². The Morgan fingerprint density at radius 3 is 2.89 bits per heavy atom. The van der Waals surface area contributed by atoms with Crippen molar-refractivity contribution in [2.24, 2.45) is 0 Å². The molecule has 0 radical (unpaired) electrons. The Hall–Kier alpha value is -1.12. The number of urea groups is 1. The van der Waals surface area contributed by atoms with Crippen LogP contribution >= 0.6 is 11.3 Å². The Kier molecular flexibility index (Phi) is 3.88. The van der Waals surface area contributed by atoms with E-state index in [-0.39, 0.29) is 12.6 Å². The van der Waals surface area contributed by atoms with Gasteiger partial charge in [-0.3, -0.25) is 0 Å². The minimum atomic E-state index is -3.44. The van der Waals surface area contributed by atoms with Crippen molar-refractivity contribution >= 4 is 27.4 Å². The van der Waals surface area contributed by atoms with E-state index in [9.17, 15) is 13.2 Å². The van der Waals surface area contributed by atoms with Gasteiger partial charge in [-0.25, -0.2) is 17.9 Å². The first-order valence-corrected chi connectivity index (χ1v) is 7.93. The van der Waals surface area contributed by atoms with Crippen LogP contribution in [0.1, 0.15) is 5.56 Å². The molecular weight excluding hydrogens is 274 g/mol. The van der Waals surface area contributed by atoms with E-state index in [1.807, 2.05) is 6.92 Å². The summed E-state index contributed by atoms with van der Waals surface area (Å²) < 4.78 is 26.6. The van der Waals surface area contributed by atoms with Crippen molar-refractivity contribution < 1.29 is 13.2 Å². The fourth-order valence-corrected chi connectivity index (χ4v) is 3.95. The molecule has 2 N–H and O–H groups in total. The molecule has 0 aliphatic carbocycles. The van der Waals surface area contributed by atoms with Gasteiger partial charge < -0.3 is 10.2 Å². The second-order valence-electron chi connectivity index (χ2n) is 4.06. The van der Waals surface area contributed by atoms with Gasteiger partial charge in [0.1, 0.15) is 4.21 Å². The first-order valence-electron chi connectivity index (χ1n) is 5.56. The number of nitrogens with one attached hydrogen (secondary N) is 2. The number of hydrogen-bond donors (Lipinski definition) is 2. The summed E-state index contributed by atoms with van der Waals surface area (Å²) in [6.45, 7) is 3.71. The van der Waals surface area contributed by atoms with Crippen LogP contribution in [0.25, 0.3) is 0 Å². The van der Waals surface area contributed by atoms with Gasteiger partial charge in [0.15, 0.2) is 0 Å². The van der Waals surface area contributed by atoms with Crippen LogP contribution in [-0.4, -0.2) is 45.5 Å². The molecule has 0 unspecified atom stereocenters. The van der Waals surface area contributed by atoms with Crippen LogP contribution in [0.4, 0.5) is 4.79 Å². The third kappa shape index (κ3) is 3.01. The number of carbonyl (C=O) groups excluding carboxylic acids is 1. The average Bonchev–Trinajstić information content (AvgIpc) is 2.89. The molecule has 1 aromatic heterocycles. The lowest BCUT2D eigenvalue weighted by molar-refractivity contribution is 0.218. The molecule has 8 heteroatoms. The van der Waals surface area contributed by atoms with Gasteiger partial charge in [0.2, 0.25) is 10.0 Å². The number of carbonyl (C=O) groups is 1. The lowest BCUT2D eigenvalue weighted by Gasteiger charge is -2.13. The van der Waals surface area contributed by atoms with Crippen molar-refractivity contribution in [3.05, 3.63) is 17.0 Å². The van der Waals surface area contributed by atoms with Gasteiger partial charge in [0, 0.05) is 26.2 Å². The van der Waals surface area contributed by atoms with Crippen molar-refractivity contribution in [1.82, 2.24) is 14.9 Å². The van der Waals surface area contributed by atoms with E-state index in [1.54, 1.807) is 16.3 Å². The summed E-state index contributed by atoms with van der Waals surface area (Å²) in [4.78, 5) is 12.8. The van der Waals surface area contributed by atoms with Crippen LogP contribution in [-0.2, 0) is 10.0 Å². The van der Waals surface area contributed by atoms with Crippen molar-refractivity contribution in [3.63, 3.8) is 0 Å². The Labute approximate surface area is 110 Å². The van der Waals surface area contributed by atoms with Gasteiger partial charge in [-0.2, -0.15) is 0 Å². The van der Waals surface area contributed by atoms with Gasteiger partial charge >= 0.3 is 6.03 Å². The molecule has 2 heterocycles. The highest BCUT2D eigenvalue weighted by atomic mass is 32.2. The second-order valence-corrected chi connectivity index (χ2v) is 6.96. The number of rotatable bonds is 5. The minimum absolute atomic E-state index is 0.138. The molecular formula is C10H15N3O3S2. The summed E-state index contributed by atoms with van der Waals surface area (Å²) in [7, 11) is -3.44. The number of sulfonamides is 1. The monoisotopic (exact) mass is 289 g/mol. The molecule has 0 spiro atoms. The molecule has 0 atom stereocenters. The van der Waals surface area contributed by atoms with E-state index in [1.165, 1.54) is 11.3 Å². The Morgan fingerprint density at radius 2 is 2.33 bits per heavy atom. The van der Waals surface area contributed by atoms with E-state index >= 15 is 0 Å². The number of aryl methyl sites for hydroxylation is 1. The van der Waals surface area contributed by atoms with Crippen molar-refractivity contribution in [1.29, 1.82) is 0 Å². The zero-order valence-electron chi connectivity index (χ0n) is 9.97. The van der Waals surface area contributed by atoms with Crippen LogP contribution in [0.5, 0.6) is 0 Å². The molecule has 2 rings (SSSR count). The van der Waals surface area contributed by atoms with Crippen molar-refractivity contribution in [3.8, 4) is 0 Å². The quantitative estimate of drug-likeness (QED) is 0.821. The molecule has 6 nitrogen and oxygen atoms in total. The molecule has 100 valence electrons. The largest absolute Gasteiger partial charge is 0.336 e. The third-order valence-electron chi connectivity index (χ3n) is 2.59. The highest BCUT2D eigenvalue weighted by Gasteiger charge is 2.20. The zero-order valence-corrected chi connectivity index (χ0v) is 11.6. The normalized spacial score (nSPS) is 16.1.